The molecular weight excluding hydrogens is 286 g/mol. The van der Waals surface area contributed by atoms with Gasteiger partial charge in [0, 0.05) is 30.8 Å². The van der Waals surface area contributed by atoms with E-state index in [1.807, 2.05) is 36.4 Å². The minimum Gasteiger partial charge on any atom is -0.359 e. The smallest absolute Gasteiger partial charge is 0.151 e. The first kappa shape index (κ1) is 16.0. The molecule has 1 aliphatic heterocycles. The van der Waals surface area contributed by atoms with Gasteiger partial charge in [-0.2, -0.15) is 0 Å². The van der Waals surface area contributed by atoms with E-state index in [4.69, 9.17) is 10.3 Å². The zero-order valence-electron chi connectivity index (χ0n) is 12.2. The van der Waals surface area contributed by atoms with Gasteiger partial charge in [0.1, 0.15) is 5.69 Å². The molecule has 1 fully saturated rings. The highest BCUT2D eigenvalue weighted by atomic mass is 35.5. The van der Waals surface area contributed by atoms with E-state index in [1.54, 1.807) is 0 Å². The fraction of sp³-hybridized carbons (Fsp3) is 0.438. The topological polar surface area (TPSA) is 55.3 Å². The van der Waals surface area contributed by atoms with Gasteiger partial charge in [0.05, 0.1) is 6.54 Å². The van der Waals surface area contributed by atoms with Crippen molar-refractivity contribution in [3.8, 4) is 11.3 Å². The molecule has 114 valence electrons. The Bertz CT molecular complexity index is 558. The number of aromatic nitrogens is 1. The van der Waals surface area contributed by atoms with Gasteiger partial charge in [-0.1, -0.05) is 42.4 Å². The molecule has 2 atom stereocenters. The Morgan fingerprint density at radius 3 is 2.81 bits per heavy atom. The number of likely N-dealkylation sites (tertiary alicyclic amines) is 1. The summed E-state index contributed by atoms with van der Waals surface area (Å²) in [6.07, 6.45) is 1.06. The maximum absolute atomic E-state index is 6.05. The number of halogens is 1. The number of hydrogen-bond acceptors (Lipinski definition) is 4. The van der Waals surface area contributed by atoms with Gasteiger partial charge < -0.3 is 10.3 Å². The van der Waals surface area contributed by atoms with E-state index in [0.29, 0.717) is 12.0 Å². The summed E-state index contributed by atoms with van der Waals surface area (Å²) >= 11 is 0. The molecule has 2 heterocycles. The van der Waals surface area contributed by atoms with Crippen LogP contribution in [0.5, 0.6) is 0 Å². The first-order valence-corrected chi connectivity index (χ1v) is 7.21. The number of nitrogens with two attached hydrogens (primary N) is 1. The van der Waals surface area contributed by atoms with Gasteiger partial charge in [0.25, 0.3) is 0 Å². The van der Waals surface area contributed by atoms with Crippen LogP contribution in [0, 0.1) is 5.92 Å². The van der Waals surface area contributed by atoms with Crippen LogP contribution in [0.2, 0.25) is 0 Å². The van der Waals surface area contributed by atoms with E-state index in [2.05, 4.69) is 17.0 Å². The van der Waals surface area contributed by atoms with Crippen molar-refractivity contribution < 1.29 is 4.52 Å². The molecule has 21 heavy (non-hydrogen) atoms. The minimum atomic E-state index is 0. The highest BCUT2D eigenvalue weighted by molar-refractivity contribution is 5.85. The van der Waals surface area contributed by atoms with Crippen LogP contribution in [-0.4, -0.2) is 29.2 Å². The third kappa shape index (κ3) is 3.84. The summed E-state index contributed by atoms with van der Waals surface area (Å²) in [5.74, 6) is 1.46. The van der Waals surface area contributed by atoms with Crippen molar-refractivity contribution in [2.45, 2.75) is 25.9 Å². The Balaban J connectivity index is 0.00000161. The van der Waals surface area contributed by atoms with Crippen molar-refractivity contribution in [2.24, 2.45) is 11.7 Å². The number of hydrogen-bond donors (Lipinski definition) is 1. The fourth-order valence-corrected chi connectivity index (χ4v) is 2.75. The largest absolute Gasteiger partial charge is 0.359 e. The molecule has 5 heteroatoms. The molecule has 0 spiro atoms. The quantitative estimate of drug-likeness (QED) is 0.947. The number of rotatable bonds is 3. The standard InChI is InChI=1S/C16H21N3O.ClH/c1-12-10-19(8-7-15(12)17)11-14-9-16(18-20-14)13-5-3-2-4-6-13;/h2-6,9,12,15H,7-8,10-11,17H2,1H3;1H. The molecule has 0 radical (unpaired) electrons. The predicted molar refractivity (Wildman–Crippen MR) is 86.2 cm³/mol. The van der Waals surface area contributed by atoms with Crippen LogP contribution >= 0.6 is 12.4 Å². The molecule has 1 aliphatic rings. The third-order valence-corrected chi connectivity index (χ3v) is 4.06. The number of piperidine rings is 1. The number of benzene rings is 1. The van der Waals surface area contributed by atoms with Crippen molar-refractivity contribution in [3.05, 3.63) is 42.2 Å². The van der Waals surface area contributed by atoms with E-state index in [9.17, 15) is 0 Å². The van der Waals surface area contributed by atoms with Crippen LogP contribution in [0.3, 0.4) is 0 Å². The van der Waals surface area contributed by atoms with Gasteiger partial charge >= 0.3 is 0 Å². The predicted octanol–water partition coefficient (Wildman–Crippen LogP) is 2.93. The van der Waals surface area contributed by atoms with Gasteiger partial charge in [-0.3, -0.25) is 4.90 Å². The van der Waals surface area contributed by atoms with Gasteiger partial charge in [-0.05, 0) is 12.3 Å². The van der Waals surface area contributed by atoms with Crippen LogP contribution in [0.15, 0.2) is 40.9 Å². The monoisotopic (exact) mass is 307 g/mol. The Kier molecular flexibility index (Phi) is 5.39. The van der Waals surface area contributed by atoms with E-state index < -0.39 is 0 Å². The SMILES string of the molecule is CC1CN(Cc2cc(-c3ccccc3)no2)CCC1N.Cl. The molecule has 0 bridgehead atoms. The normalized spacial score (nSPS) is 22.8. The summed E-state index contributed by atoms with van der Waals surface area (Å²) in [4.78, 5) is 2.39. The lowest BCUT2D eigenvalue weighted by Gasteiger charge is -2.34. The Hall–Kier alpha value is -1.36. The van der Waals surface area contributed by atoms with E-state index in [0.717, 1.165) is 43.1 Å². The van der Waals surface area contributed by atoms with Gasteiger partial charge in [0.15, 0.2) is 5.76 Å². The molecular formula is C16H22ClN3O. The van der Waals surface area contributed by atoms with Crippen LogP contribution in [0.25, 0.3) is 11.3 Å². The lowest BCUT2D eigenvalue weighted by molar-refractivity contribution is 0.144. The molecule has 2 aromatic rings. The van der Waals surface area contributed by atoms with Crippen LogP contribution in [0.4, 0.5) is 0 Å². The number of nitrogens with zero attached hydrogens (tertiary/aromatic N) is 2. The van der Waals surface area contributed by atoms with E-state index >= 15 is 0 Å². The average Bonchev–Trinajstić information content (AvgIpc) is 2.92. The molecule has 1 saturated heterocycles. The Morgan fingerprint density at radius 1 is 1.33 bits per heavy atom. The van der Waals surface area contributed by atoms with Gasteiger partial charge in [0.2, 0.25) is 0 Å². The summed E-state index contributed by atoms with van der Waals surface area (Å²) in [5, 5.41) is 4.16. The molecule has 1 aromatic carbocycles. The molecule has 0 saturated carbocycles. The zero-order chi connectivity index (χ0) is 13.9. The highest BCUT2D eigenvalue weighted by Crippen LogP contribution is 2.21. The second kappa shape index (κ2) is 7.07. The molecule has 1 aromatic heterocycles. The Labute approximate surface area is 131 Å². The lowest BCUT2D eigenvalue weighted by atomic mass is 9.95. The minimum absolute atomic E-state index is 0. The average molecular weight is 308 g/mol. The van der Waals surface area contributed by atoms with Crippen LogP contribution in [-0.2, 0) is 6.54 Å². The second-order valence-corrected chi connectivity index (χ2v) is 5.71. The van der Waals surface area contributed by atoms with Crippen molar-refractivity contribution in [1.82, 2.24) is 10.1 Å². The van der Waals surface area contributed by atoms with Crippen molar-refractivity contribution in [3.63, 3.8) is 0 Å². The van der Waals surface area contributed by atoms with Crippen molar-refractivity contribution in [2.75, 3.05) is 13.1 Å². The maximum Gasteiger partial charge on any atom is 0.151 e. The zero-order valence-corrected chi connectivity index (χ0v) is 13.1. The summed E-state index contributed by atoms with van der Waals surface area (Å²) in [6, 6.07) is 12.5. The molecule has 0 amide bonds. The fourth-order valence-electron chi connectivity index (χ4n) is 2.75. The molecule has 0 aliphatic carbocycles. The van der Waals surface area contributed by atoms with Gasteiger partial charge in [-0.15, -0.1) is 12.4 Å². The van der Waals surface area contributed by atoms with Crippen molar-refractivity contribution >= 4 is 12.4 Å². The third-order valence-electron chi connectivity index (χ3n) is 4.06. The highest BCUT2D eigenvalue weighted by Gasteiger charge is 2.23. The summed E-state index contributed by atoms with van der Waals surface area (Å²) < 4.78 is 5.46. The molecule has 2 unspecified atom stereocenters. The molecule has 2 N–H and O–H groups in total. The van der Waals surface area contributed by atoms with Gasteiger partial charge in [-0.25, -0.2) is 0 Å². The van der Waals surface area contributed by atoms with Crippen molar-refractivity contribution in [1.29, 1.82) is 0 Å². The van der Waals surface area contributed by atoms with E-state index in [-0.39, 0.29) is 12.4 Å². The summed E-state index contributed by atoms with van der Waals surface area (Å²) in [7, 11) is 0. The lowest BCUT2D eigenvalue weighted by Crippen LogP contribution is -2.45. The maximum atomic E-state index is 6.05. The first-order chi connectivity index (χ1) is 9.72. The summed E-state index contributed by atoms with van der Waals surface area (Å²) in [6.45, 7) is 5.10. The molecule has 4 nitrogen and oxygen atoms in total. The van der Waals surface area contributed by atoms with E-state index in [1.165, 1.54) is 0 Å². The second-order valence-electron chi connectivity index (χ2n) is 5.71. The van der Waals surface area contributed by atoms with Crippen LogP contribution < -0.4 is 5.73 Å². The van der Waals surface area contributed by atoms with Crippen LogP contribution in [0.1, 0.15) is 19.1 Å². The Morgan fingerprint density at radius 2 is 2.10 bits per heavy atom. The summed E-state index contributed by atoms with van der Waals surface area (Å²) in [5.41, 5.74) is 8.05. The molecule has 3 rings (SSSR count). The first-order valence-electron chi connectivity index (χ1n) is 7.21.